The number of hydrogen-bond acceptors (Lipinski definition) is 5. The van der Waals surface area contributed by atoms with Crippen LogP contribution in [0.2, 0.25) is 0 Å². The van der Waals surface area contributed by atoms with Crippen LogP contribution in [0.4, 0.5) is 5.82 Å². The maximum Gasteiger partial charge on any atom is 0.271 e. The minimum Gasteiger partial charge on any atom is -0.372 e. The fourth-order valence-corrected chi connectivity index (χ4v) is 1.76. The van der Waals surface area contributed by atoms with Crippen molar-refractivity contribution >= 4 is 11.7 Å². The summed E-state index contributed by atoms with van der Waals surface area (Å²) < 4.78 is 0. The average molecular weight is 265 g/mol. The van der Waals surface area contributed by atoms with E-state index in [1.54, 1.807) is 13.2 Å². The Hall–Kier alpha value is -1.69. The van der Waals surface area contributed by atoms with Gasteiger partial charge in [-0.25, -0.2) is 4.98 Å². The first kappa shape index (κ1) is 15.4. The summed E-state index contributed by atoms with van der Waals surface area (Å²) in [4.78, 5) is 22.3. The molecule has 6 heteroatoms. The van der Waals surface area contributed by atoms with E-state index in [2.05, 4.69) is 39.3 Å². The molecule has 0 atom stereocenters. The number of carbonyl (C=O) groups excluding carboxylic acids is 1. The van der Waals surface area contributed by atoms with Gasteiger partial charge in [0.2, 0.25) is 0 Å². The molecule has 19 heavy (non-hydrogen) atoms. The Balaban J connectivity index is 2.42. The number of anilines is 1. The average Bonchev–Trinajstić information content (AvgIpc) is 2.46. The second-order valence-corrected chi connectivity index (χ2v) is 4.23. The van der Waals surface area contributed by atoms with Crippen LogP contribution in [-0.2, 0) is 0 Å². The van der Waals surface area contributed by atoms with Crippen molar-refractivity contribution in [3.8, 4) is 0 Å². The third-order valence-corrected chi connectivity index (χ3v) is 2.82. The van der Waals surface area contributed by atoms with Gasteiger partial charge in [-0.3, -0.25) is 9.78 Å². The van der Waals surface area contributed by atoms with Crippen molar-refractivity contribution in [1.82, 2.24) is 20.2 Å². The zero-order valence-electron chi connectivity index (χ0n) is 11.9. The minimum absolute atomic E-state index is 0.183. The lowest BCUT2D eigenvalue weighted by Gasteiger charge is -2.19. The number of likely N-dealkylation sites (N-methyl/N-ethyl adjacent to an activating group) is 1. The third-order valence-electron chi connectivity index (χ3n) is 2.82. The molecule has 0 aliphatic carbocycles. The molecule has 0 spiro atoms. The topological polar surface area (TPSA) is 70.2 Å². The smallest absolute Gasteiger partial charge is 0.271 e. The molecule has 0 aliphatic heterocycles. The highest BCUT2D eigenvalue weighted by Gasteiger charge is 2.08. The first-order valence-corrected chi connectivity index (χ1v) is 6.71. The molecule has 0 unspecified atom stereocenters. The summed E-state index contributed by atoms with van der Waals surface area (Å²) in [5, 5.41) is 5.72. The standard InChI is InChI=1S/C13H23N5O/c1-4-7-18(5-2)8-6-16-13(19)11-9-15-10-12(14-3)17-11/h9-10H,4-8H2,1-3H3,(H,14,17)(H,16,19). The molecule has 1 rings (SSSR count). The molecule has 0 fully saturated rings. The van der Waals surface area contributed by atoms with Crippen LogP contribution in [0.15, 0.2) is 12.4 Å². The summed E-state index contributed by atoms with van der Waals surface area (Å²) in [6.45, 7) is 7.81. The highest BCUT2D eigenvalue weighted by Crippen LogP contribution is 2.00. The van der Waals surface area contributed by atoms with Crippen molar-refractivity contribution in [2.24, 2.45) is 0 Å². The van der Waals surface area contributed by atoms with Crippen molar-refractivity contribution in [2.75, 3.05) is 38.5 Å². The van der Waals surface area contributed by atoms with Crippen LogP contribution < -0.4 is 10.6 Å². The van der Waals surface area contributed by atoms with Crippen LogP contribution in [0.25, 0.3) is 0 Å². The van der Waals surface area contributed by atoms with E-state index < -0.39 is 0 Å². The molecule has 1 aromatic rings. The van der Waals surface area contributed by atoms with Gasteiger partial charge in [0.1, 0.15) is 11.5 Å². The molecular weight excluding hydrogens is 242 g/mol. The van der Waals surface area contributed by atoms with Crippen LogP contribution in [0.3, 0.4) is 0 Å². The van der Waals surface area contributed by atoms with Gasteiger partial charge in [0, 0.05) is 20.1 Å². The molecule has 6 nitrogen and oxygen atoms in total. The molecule has 1 heterocycles. The Kier molecular flexibility index (Phi) is 6.81. The van der Waals surface area contributed by atoms with Crippen molar-refractivity contribution in [1.29, 1.82) is 0 Å². The largest absolute Gasteiger partial charge is 0.372 e. The Labute approximate surface area is 114 Å². The highest BCUT2D eigenvalue weighted by molar-refractivity contribution is 5.92. The summed E-state index contributed by atoms with van der Waals surface area (Å²) in [5.74, 6) is 0.408. The molecule has 106 valence electrons. The first-order chi connectivity index (χ1) is 9.21. The maximum absolute atomic E-state index is 11.9. The molecule has 0 aliphatic rings. The number of hydrogen-bond donors (Lipinski definition) is 2. The van der Waals surface area contributed by atoms with Crippen LogP contribution in [0.5, 0.6) is 0 Å². The van der Waals surface area contributed by atoms with Gasteiger partial charge in [-0.1, -0.05) is 13.8 Å². The van der Waals surface area contributed by atoms with E-state index in [9.17, 15) is 4.79 Å². The fraction of sp³-hybridized carbons (Fsp3) is 0.615. The van der Waals surface area contributed by atoms with Crippen molar-refractivity contribution < 1.29 is 4.79 Å². The Morgan fingerprint density at radius 1 is 1.32 bits per heavy atom. The second-order valence-electron chi connectivity index (χ2n) is 4.23. The SMILES string of the molecule is CCCN(CC)CCNC(=O)c1cncc(NC)n1. The summed E-state index contributed by atoms with van der Waals surface area (Å²) in [5.41, 5.74) is 0.338. The summed E-state index contributed by atoms with van der Waals surface area (Å²) in [7, 11) is 1.75. The van der Waals surface area contributed by atoms with Gasteiger partial charge in [-0.15, -0.1) is 0 Å². The Morgan fingerprint density at radius 3 is 2.74 bits per heavy atom. The number of nitrogens with one attached hydrogen (secondary N) is 2. The quantitative estimate of drug-likeness (QED) is 0.733. The minimum atomic E-state index is -0.183. The van der Waals surface area contributed by atoms with E-state index in [0.717, 1.165) is 26.1 Å². The van der Waals surface area contributed by atoms with E-state index in [0.29, 0.717) is 18.1 Å². The van der Waals surface area contributed by atoms with Crippen molar-refractivity contribution in [2.45, 2.75) is 20.3 Å². The second kappa shape index (κ2) is 8.42. The van der Waals surface area contributed by atoms with E-state index >= 15 is 0 Å². The molecule has 1 amide bonds. The number of amides is 1. The summed E-state index contributed by atoms with van der Waals surface area (Å²) in [6, 6.07) is 0. The van der Waals surface area contributed by atoms with E-state index in [1.165, 1.54) is 6.20 Å². The van der Waals surface area contributed by atoms with E-state index in [1.807, 2.05) is 0 Å². The maximum atomic E-state index is 11.9. The number of aromatic nitrogens is 2. The van der Waals surface area contributed by atoms with Gasteiger partial charge in [0.25, 0.3) is 5.91 Å². The highest BCUT2D eigenvalue weighted by atomic mass is 16.1. The van der Waals surface area contributed by atoms with Crippen LogP contribution >= 0.6 is 0 Å². The predicted octanol–water partition coefficient (Wildman–Crippen LogP) is 0.980. The number of rotatable bonds is 8. The van der Waals surface area contributed by atoms with Gasteiger partial charge in [0.05, 0.1) is 12.4 Å². The van der Waals surface area contributed by atoms with Crippen molar-refractivity contribution in [3.05, 3.63) is 18.1 Å². The monoisotopic (exact) mass is 265 g/mol. The van der Waals surface area contributed by atoms with Gasteiger partial charge in [-0.2, -0.15) is 0 Å². The lowest BCUT2D eigenvalue weighted by Crippen LogP contribution is -2.35. The summed E-state index contributed by atoms with van der Waals surface area (Å²) in [6.07, 6.45) is 4.17. The van der Waals surface area contributed by atoms with Gasteiger partial charge < -0.3 is 15.5 Å². The molecule has 0 saturated carbocycles. The van der Waals surface area contributed by atoms with E-state index in [-0.39, 0.29) is 5.91 Å². The lowest BCUT2D eigenvalue weighted by atomic mass is 10.3. The van der Waals surface area contributed by atoms with E-state index in [4.69, 9.17) is 0 Å². The normalized spacial score (nSPS) is 10.5. The Morgan fingerprint density at radius 2 is 2.11 bits per heavy atom. The Bertz CT molecular complexity index is 396. The van der Waals surface area contributed by atoms with Gasteiger partial charge in [-0.05, 0) is 19.5 Å². The third kappa shape index (κ3) is 5.21. The molecule has 2 N–H and O–H groups in total. The zero-order valence-corrected chi connectivity index (χ0v) is 11.9. The first-order valence-electron chi connectivity index (χ1n) is 6.71. The zero-order chi connectivity index (χ0) is 14.1. The van der Waals surface area contributed by atoms with Crippen LogP contribution in [0, 0.1) is 0 Å². The molecule has 0 saturated heterocycles. The van der Waals surface area contributed by atoms with Gasteiger partial charge >= 0.3 is 0 Å². The van der Waals surface area contributed by atoms with Crippen LogP contribution in [-0.4, -0.2) is 54.0 Å². The van der Waals surface area contributed by atoms with Crippen LogP contribution in [0.1, 0.15) is 30.8 Å². The molecule has 0 radical (unpaired) electrons. The lowest BCUT2D eigenvalue weighted by molar-refractivity contribution is 0.0943. The molecule has 0 aromatic carbocycles. The number of nitrogens with zero attached hydrogens (tertiary/aromatic N) is 3. The molecular formula is C13H23N5O. The predicted molar refractivity (Wildman–Crippen MR) is 76.3 cm³/mol. The fourth-order valence-electron chi connectivity index (χ4n) is 1.76. The van der Waals surface area contributed by atoms with Gasteiger partial charge in [0.15, 0.2) is 0 Å². The number of carbonyl (C=O) groups is 1. The van der Waals surface area contributed by atoms with Crippen molar-refractivity contribution in [3.63, 3.8) is 0 Å². The molecule has 0 bridgehead atoms. The summed E-state index contributed by atoms with van der Waals surface area (Å²) >= 11 is 0. The molecule has 1 aromatic heterocycles.